The van der Waals surface area contributed by atoms with Crippen LogP contribution in [0.2, 0.25) is 0 Å². The van der Waals surface area contributed by atoms with Gasteiger partial charge < -0.3 is 4.90 Å². The molecule has 0 radical (unpaired) electrons. The molecule has 5 heteroatoms. The van der Waals surface area contributed by atoms with Gasteiger partial charge >= 0.3 is 0 Å². The normalized spacial score (nSPS) is 14.3. The van der Waals surface area contributed by atoms with Gasteiger partial charge in [0.25, 0.3) is 0 Å². The van der Waals surface area contributed by atoms with E-state index in [4.69, 9.17) is 0 Å². The topological polar surface area (TPSA) is 29.0 Å². The minimum absolute atomic E-state index is 0.210. The monoisotopic (exact) mass is 335 g/mol. The average Bonchev–Trinajstić information content (AvgIpc) is 3.22. The summed E-state index contributed by atoms with van der Waals surface area (Å²) in [5, 5.41) is 0. The Morgan fingerprint density at radius 1 is 1.30 bits per heavy atom. The van der Waals surface area contributed by atoms with E-state index in [9.17, 15) is 4.39 Å². The van der Waals surface area contributed by atoms with Gasteiger partial charge in [0.2, 0.25) is 0 Å². The van der Waals surface area contributed by atoms with E-state index in [2.05, 4.69) is 25.9 Å². The second kappa shape index (κ2) is 5.48. The zero-order valence-corrected chi connectivity index (χ0v) is 12.8. The first-order valence-corrected chi connectivity index (χ1v) is 7.41. The molecule has 0 spiro atoms. The van der Waals surface area contributed by atoms with Gasteiger partial charge in [0.05, 0.1) is 0 Å². The number of aromatic nitrogens is 2. The lowest BCUT2D eigenvalue weighted by molar-refractivity contribution is 0.625. The van der Waals surface area contributed by atoms with Gasteiger partial charge in [-0.2, -0.15) is 0 Å². The molecule has 3 rings (SSSR count). The Hall–Kier alpha value is -1.49. The van der Waals surface area contributed by atoms with E-state index < -0.39 is 0 Å². The highest BCUT2D eigenvalue weighted by molar-refractivity contribution is 9.10. The summed E-state index contributed by atoms with van der Waals surface area (Å²) in [5.74, 6) is 2.06. The molecule has 1 heterocycles. The first-order chi connectivity index (χ1) is 9.61. The van der Waals surface area contributed by atoms with Gasteiger partial charge in [0.15, 0.2) is 0 Å². The second-order valence-electron chi connectivity index (χ2n) is 5.17. The predicted molar refractivity (Wildman–Crippen MR) is 80.2 cm³/mol. The van der Waals surface area contributed by atoms with Crippen LogP contribution in [0.5, 0.6) is 0 Å². The molecule has 0 saturated heterocycles. The van der Waals surface area contributed by atoms with E-state index in [1.165, 1.54) is 18.9 Å². The fraction of sp³-hybridized carbons (Fsp3) is 0.333. The van der Waals surface area contributed by atoms with Gasteiger partial charge in [0, 0.05) is 25.6 Å². The van der Waals surface area contributed by atoms with Crippen molar-refractivity contribution in [3.63, 3.8) is 0 Å². The van der Waals surface area contributed by atoms with Crippen molar-refractivity contribution < 1.29 is 4.39 Å². The Morgan fingerprint density at radius 3 is 2.80 bits per heavy atom. The molecule has 0 unspecified atom stereocenters. The minimum atomic E-state index is -0.210. The molecule has 0 N–H and O–H groups in total. The molecule has 0 bridgehead atoms. The average molecular weight is 336 g/mol. The molecule has 104 valence electrons. The Balaban J connectivity index is 1.81. The molecule has 1 saturated carbocycles. The summed E-state index contributed by atoms with van der Waals surface area (Å²) in [5.41, 5.74) is 0.926. The molecule has 1 fully saturated rings. The lowest BCUT2D eigenvalue weighted by Crippen LogP contribution is -2.18. The third-order valence-corrected chi connectivity index (χ3v) is 3.75. The number of nitrogens with zero attached hydrogens (tertiary/aromatic N) is 3. The van der Waals surface area contributed by atoms with Crippen LogP contribution in [0.1, 0.15) is 30.1 Å². The van der Waals surface area contributed by atoms with Crippen LogP contribution in [0.3, 0.4) is 0 Å². The van der Waals surface area contributed by atoms with Crippen molar-refractivity contribution in [3.8, 4) is 0 Å². The highest BCUT2D eigenvalue weighted by Crippen LogP contribution is 2.39. The summed E-state index contributed by atoms with van der Waals surface area (Å²) in [4.78, 5) is 11.0. The first-order valence-electron chi connectivity index (χ1n) is 6.62. The maximum atomic E-state index is 13.2. The van der Waals surface area contributed by atoms with E-state index in [0.29, 0.717) is 12.5 Å². The van der Waals surface area contributed by atoms with Gasteiger partial charge in [-0.3, -0.25) is 0 Å². The van der Waals surface area contributed by atoms with Crippen LogP contribution in [0, 0.1) is 5.82 Å². The number of anilines is 1. The van der Waals surface area contributed by atoms with Crippen molar-refractivity contribution in [2.24, 2.45) is 0 Å². The van der Waals surface area contributed by atoms with E-state index in [1.807, 2.05) is 24.1 Å². The number of rotatable bonds is 4. The standard InChI is InChI=1S/C15H15BrFN3/c1-20(9-10-3-2-4-12(17)7-10)14-8-13(16)18-15(19-14)11-5-6-11/h2-4,7-8,11H,5-6,9H2,1H3. The van der Waals surface area contributed by atoms with Crippen molar-refractivity contribution in [2.75, 3.05) is 11.9 Å². The molecular weight excluding hydrogens is 321 g/mol. The molecule has 1 aromatic carbocycles. The van der Waals surface area contributed by atoms with Crippen LogP contribution in [-0.2, 0) is 6.54 Å². The number of hydrogen-bond donors (Lipinski definition) is 0. The third kappa shape index (κ3) is 3.15. The van der Waals surface area contributed by atoms with Gasteiger partial charge in [-0.05, 0) is 46.5 Å². The maximum absolute atomic E-state index is 13.2. The lowest BCUT2D eigenvalue weighted by atomic mass is 10.2. The summed E-state index contributed by atoms with van der Waals surface area (Å²) >= 11 is 3.44. The van der Waals surface area contributed by atoms with Crippen LogP contribution in [0.25, 0.3) is 0 Å². The van der Waals surface area contributed by atoms with Gasteiger partial charge in [0.1, 0.15) is 22.1 Å². The quantitative estimate of drug-likeness (QED) is 0.793. The SMILES string of the molecule is CN(Cc1cccc(F)c1)c1cc(Br)nc(C2CC2)n1. The molecule has 0 atom stereocenters. The Bertz CT molecular complexity index is 628. The van der Waals surface area contributed by atoms with Crippen LogP contribution in [0.4, 0.5) is 10.2 Å². The minimum Gasteiger partial charge on any atom is -0.355 e. The van der Waals surface area contributed by atoms with Crippen LogP contribution in [-0.4, -0.2) is 17.0 Å². The maximum Gasteiger partial charge on any atom is 0.135 e. The summed E-state index contributed by atoms with van der Waals surface area (Å²) in [6.07, 6.45) is 2.34. The smallest absolute Gasteiger partial charge is 0.135 e. The Labute approximate surface area is 126 Å². The lowest BCUT2D eigenvalue weighted by Gasteiger charge is -2.19. The molecule has 3 nitrogen and oxygen atoms in total. The van der Waals surface area contributed by atoms with Crippen LogP contribution >= 0.6 is 15.9 Å². The second-order valence-corrected chi connectivity index (χ2v) is 5.98. The molecule has 0 amide bonds. The van der Waals surface area contributed by atoms with Gasteiger partial charge in [-0.15, -0.1) is 0 Å². The number of hydrogen-bond acceptors (Lipinski definition) is 3. The zero-order valence-electron chi connectivity index (χ0n) is 11.2. The summed E-state index contributed by atoms with van der Waals surface area (Å²) < 4.78 is 14.0. The van der Waals surface area contributed by atoms with Crippen LogP contribution in [0.15, 0.2) is 34.9 Å². The number of halogens is 2. The van der Waals surface area contributed by atoms with E-state index in [0.717, 1.165) is 21.8 Å². The molecule has 2 aromatic rings. The van der Waals surface area contributed by atoms with Gasteiger partial charge in [-0.1, -0.05) is 12.1 Å². The van der Waals surface area contributed by atoms with E-state index >= 15 is 0 Å². The highest BCUT2D eigenvalue weighted by Gasteiger charge is 2.27. The number of benzene rings is 1. The van der Waals surface area contributed by atoms with Crippen molar-refractivity contribution in [2.45, 2.75) is 25.3 Å². The summed E-state index contributed by atoms with van der Waals surface area (Å²) in [6.45, 7) is 0.616. The molecule has 1 aliphatic carbocycles. The largest absolute Gasteiger partial charge is 0.355 e. The zero-order chi connectivity index (χ0) is 14.1. The van der Waals surface area contributed by atoms with Crippen molar-refractivity contribution >= 4 is 21.7 Å². The third-order valence-electron chi connectivity index (χ3n) is 3.34. The van der Waals surface area contributed by atoms with E-state index in [-0.39, 0.29) is 5.82 Å². The molecule has 0 aliphatic heterocycles. The molecule has 1 aliphatic rings. The van der Waals surface area contributed by atoms with Crippen molar-refractivity contribution in [1.29, 1.82) is 0 Å². The van der Waals surface area contributed by atoms with Gasteiger partial charge in [-0.25, -0.2) is 14.4 Å². The first kappa shape index (κ1) is 13.5. The van der Waals surface area contributed by atoms with E-state index in [1.54, 1.807) is 12.1 Å². The summed E-state index contributed by atoms with van der Waals surface area (Å²) in [7, 11) is 1.95. The Morgan fingerprint density at radius 2 is 2.10 bits per heavy atom. The fourth-order valence-electron chi connectivity index (χ4n) is 2.13. The summed E-state index contributed by atoms with van der Waals surface area (Å²) in [6, 6.07) is 8.54. The molecule has 1 aromatic heterocycles. The van der Waals surface area contributed by atoms with Crippen molar-refractivity contribution in [1.82, 2.24) is 9.97 Å². The van der Waals surface area contributed by atoms with Crippen LogP contribution < -0.4 is 4.90 Å². The molecular formula is C15H15BrFN3. The highest BCUT2D eigenvalue weighted by atomic mass is 79.9. The molecule has 20 heavy (non-hydrogen) atoms. The Kier molecular flexibility index (Phi) is 3.70. The predicted octanol–water partition coefficient (Wildman–Crippen LogP) is 3.89. The van der Waals surface area contributed by atoms with Crippen molar-refractivity contribution in [3.05, 3.63) is 52.1 Å². The fourth-order valence-corrected chi connectivity index (χ4v) is 2.52.